The van der Waals surface area contributed by atoms with Crippen molar-refractivity contribution in [2.75, 3.05) is 13.1 Å². The van der Waals surface area contributed by atoms with Crippen LogP contribution < -0.4 is 0 Å². The van der Waals surface area contributed by atoms with Gasteiger partial charge in [0.1, 0.15) is 0 Å². The van der Waals surface area contributed by atoms with Gasteiger partial charge in [-0.2, -0.15) is 5.26 Å². The summed E-state index contributed by atoms with van der Waals surface area (Å²) >= 11 is 0. The lowest BCUT2D eigenvalue weighted by molar-refractivity contribution is 0.272. The molecule has 1 saturated heterocycles. The van der Waals surface area contributed by atoms with Crippen LogP contribution in [0.5, 0.6) is 0 Å². The van der Waals surface area contributed by atoms with E-state index in [9.17, 15) is 0 Å². The van der Waals surface area contributed by atoms with Gasteiger partial charge < -0.3 is 4.90 Å². The minimum absolute atomic E-state index is 0.700. The van der Waals surface area contributed by atoms with Gasteiger partial charge in [0.05, 0.1) is 11.6 Å². The first-order chi connectivity index (χ1) is 12.7. The molecule has 1 aliphatic heterocycles. The summed E-state index contributed by atoms with van der Waals surface area (Å²) < 4.78 is 0. The summed E-state index contributed by atoms with van der Waals surface area (Å²) in [6, 6.07) is 24.2. The quantitative estimate of drug-likeness (QED) is 0.635. The Morgan fingerprint density at radius 3 is 2.42 bits per heavy atom. The van der Waals surface area contributed by atoms with Gasteiger partial charge >= 0.3 is 0 Å². The minimum atomic E-state index is 0.700. The Labute approximate surface area is 155 Å². The second kappa shape index (κ2) is 7.32. The molecule has 0 aliphatic carbocycles. The predicted molar refractivity (Wildman–Crippen MR) is 108 cm³/mol. The van der Waals surface area contributed by atoms with E-state index in [4.69, 9.17) is 5.26 Å². The van der Waals surface area contributed by atoms with Crippen LogP contribution in [0.3, 0.4) is 0 Å². The number of likely N-dealkylation sites (tertiary alicyclic amines) is 1. The Bertz CT molecular complexity index is 950. The van der Waals surface area contributed by atoms with Crippen molar-refractivity contribution in [2.24, 2.45) is 0 Å². The Balaban J connectivity index is 1.53. The molecule has 1 aliphatic rings. The van der Waals surface area contributed by atoms with Crippen LogP contribution in [0.25, 0.3) is 21.9 Å². The standard InChI is InChI=1S/C24H24N2/c1-18-3-2-13-26(18)14-12-19-4-9-24-16-23(11-10-22(24)15-19)21-7-5-20(17-25)6-8-21/h4-11,15-16,18H,2-3,12-14H2,1H3/t18-/m0/s1. The van der Waals surface area contributed by atoms with Crippen molar-refractivity contribution < 1.29 is 0 Å². The fourth-order valence-electron chi connectivity index (χ4n) is 3.97. The molecule has 1 fully saturated rings. The molecule has 0 amide bonds. The Morgan fingerprint density at radius 2 is 1.69 bits per heavy atom. The molecule has 0 radical (unpaired) electrons. The SMILES string of the molecule is C[C@H]1CCCN1CCc1ccc2cc(-c3ccc(C#N)cc3)ccc2c1. The second-order valence-electron chi connectivity index (χ2n) is 7.36. The van der Waals surface area contributed by atoms with Crippen LogP contribution in [-0.2, 0) is 6.42 Å². The highest BCUT2D eigenvalue weighted by molar-refractivity contribution is 5.87. The van der Waals surface area contributed by atoms with Crippen LogP contribution in [-0.4, -0.2) is 24.0 Å². The van der Waals surface area contributed by atoms with Crippen molar-refractivity contribution in [1.29, 1.82) is 5.26 Å². The molecule has 0 saturated carbocycles. The summed E-state index contributed by atoms with van der Waals surface area (Å²) in [6.07, 6.45) is 3.81. The van der Waals surface area contributed by atoms with E-state index in [2.05, 4.69) is 54.3 Å². The number of fused-ring (bicyclic) bond motifs is 1. The van der Waals surface area contributed by atoms with Gasteiger partial charge in [0.25, 0.3) is 0 Å². The third-order valence-electron chi connectivity index (χ3n) is 5.63. The molecule has 2 nitrogen and oxygen atoms in total. The zero-order valence-corrected chi connectivity index (χ0v) is 15.3. The van der Waals surface area contributed by atoms with Crippen LogP contribution in [0.15, 0.2) is 60.7 Å². The number of benzene rings is 3. The Hall–Kier alpha value is -2.63. The van der Waals surface area contributed by atoms with Crippen molar-refractivity contribution in [3.63, 3.8) is 0 Å². The van der Waals surface area contributed by atoms with Crippen LogP contribution in [0.1, 0.15) is 30.9 Å². The van der Waals surface area contributed by atoms with E-state index in [-0.39, 0.29) is 0 Å². The maximum atomic E-state index is 8.94. The largest absolute Gasteiger partial charge is 0.300 e. The van der Waals surface area contributed by atoms with E-state index >= 15 is 0 Å². The summed E-state index contributed by atoms with van der Waals surface area (Å²) in [7, 11) is 0. The normalized spacial score (nSPS) is 17.5. The maximum absolute atomic E-state index is 8.94. The fourth-order valence-corrected chi connectivity index (χ4v) is 3.97. The summed E-state index contributed by atoms with van der Waals surface area (Å²) in [4.78, 5) is 2.61. The lowest BCUT2D eigenvalue weighted by Crippen LogP contribution is -2.28. The summed E-state index contributed by atoms with van der Waals surface area (Å²) in [5.74, 6) is 0. The highest BCUT2D eigenvalue weighted by Crippen LogP contribution is 2.26. The number of nitriles is 1. The van der Waals surface area contributed by atoms with Gasteiger partial charge in [-0.05, 0) is 78.4 Å². The maximum Gasteiger partial charge on any atom is 0.0991 e. The number of nitrogens with zero attached hydrogens (tertiary/aromatic N) is 2. The summed E-state index contributed by atoms with van der Waals surface area (Å²) in [5.41, 5.74) is 4.47. The third-order valence-corrected chi connectivity index (χ3v) is 5.63. The average Bonchev–Trinajstić information content (AvgIpc) is 3.10. The summed E-state index contributed by atoms with van der Waals surface area (Å²) in [6.45, 7) is 4.76. The third kappa shape index (κ3) is 3.49. The van der Waals surface area contributed by atoms with Crippen LogP contribution in [0, 0.1) is 11.3 Å². The smallest absolute Gasteiger partial charge is 0.0991 e. The van der Waals surface area contributed by atoms with Gasteiger partial charge in [-0.25, -0.2) is 0 Å². The first-order valence-electron chi connectivity index (χ1n) is 9.50. The van der Waals surface area contributed by atoms with Crippen LogP contribution in [0.2, 0.25) is 0 Å². The molecular formula is C24H24N2. The van der Waals surface area contributed by atoms with E-state index in [1.54, 1.807) is 0 Å². The Kier molecular flexibility index (Phi) is 4.73. The molecule has 3 aromatic rings. The molecule has 3 aromatic carbocycles. The molecule has 0 unspecified atom stereocenters. The minimum Gasteiger partial charge on any atom is -0.300 e. The van der Waals surface area contributed by atoms with E-state index < -0.39 is 0 Å². The van der Waals surface area contributed by atoms with Gasteiger partial charge in [0, 0.05) is 12.6 Å². The molecular weight excluding hydrogens is 316 g/mol. The summed E-state index contributed by atoms with van der Waals surface area (Å²) in [5, 5.41) is 11.5. The monoisotopic (exact) mass is 340 g/mol. The van der Waals surface area contributed by atoms with E-state index in [0.717, 1.165) is 24.6 Å². The zero-order valence-electron chi connectivity index (χ0n) is 15.3. The molecule has 4 rings (SSSR count). The van der Waals surface area contributed by atoms with Crippen molar-refractivity contribution in [1.82, 2.24) is 4.90 Å². The highest BCUT2D eigenvalue weighted by Gasteiger charge is 2.19. The van der Waals surface area contributed by atoms with Crippen molar-refractivity contribution >= 4 is 10.8 Å². The van der Waals surface area contributed by atoms with Crippen molar-refractivity contribution in [3.05, 3.63) is 71.8 Å². The topological polar surface area (TPSA) is 27.0 Å². The molecule has 26 heavy (non-hydrogen) atoms. The van der Waals surface area contributed by atoms with Crippen LogP contribution >= 0.6 is 0 Å². The van der Waals surface area contributed by atoms with Crippen molar-refractivity contribution in [2.45, 2.75) is 32.2 Å². The molecule has 130 valence electrons. The predicted octanol–water partition coefficient (Wildman–Crippen LogP) is 5.41. The highest BCUT2D eigenvalue weighted by atomic mass is 15.2. The lowest BCUT2D eigenvalue weighted by atomic mass is 9.98. The van der Waals surface area contributed by atoms with Gasteiger partial charge in [-0.15, -0.1) is 0 Å². The average molecular weight is 340 g/mol. The second-order valence-corrected chi connectivity index (χ2v) is 7.36. The van der Waals surface area contributed by atoms with Crippen LogP contribution in [0.4, 0.5) is 0 Å². The molecule has 1 heterocycles. The number of hydrogen-bond donors (Lipinski definition) is 0. The lowest BCUT2D eigenvalue weighted by Gasteiger charge is -2.20. The first kappa shape index (κ1) is 16.8. The van der Waals surface area contributed by atoms with Gasteiger partial charge in [-0.1, -0.05) is 42.5 Å². The zero-order chi connectivity index (χ0) is 17.9. The van der Waals surface area contributed by atoms with E-state index in [1.807, 2.05) is 24.3 Å². The molecule has 0 bridgehead atoms. The number of rotatable bonds is 4. The molecule has 0 aromatic heterocycles. The number of hydrogen-bond acceptors (Lipinski definition) is 2. The molecule has 2 heteroatoms. The first-order valence-corrected chi connectivity index (χ1v) is 9.50. The van der Waals surface area contributed by atoms with E-state index in [1.165, 1.54) is 41.3 Å². The van der Waals surface area contributed by atoms with Gasteiger partial charge in [0.2, 0.25) is 0 Å². The fraction of sp³-hybridized carbons (Fsp3) is 0.292. The Morgan fingerprint density at radius 1 is 0.962 bits per heavy atom. The van der Waals surface area contributed by atoms with Gasteiger partial charge in [0.15, 0.2) is 0 Å². The molecule has 0 spiro atoms. The van der Waals surface area contributed by atoms with Crippen molar-refractivity contribution in [3.8, 4) is 17.2 Å². The molecule has 0 N–H and O–H groups in total. The van der Waals surface area contributed by atoms with E-state index in [0.29, 0.717) is 5.56 Å². The van der Waals surface area contributed by atoms with Gasteiger partial charge in [-0.3, -0.25) is 0 Å². The molecule has 1 atom stereocenters.